The molecule has 0 bridgehead atoms. The van der Waals surface area contributed by atoms with Crippen molar-refractivity contribution in [3.8, 4) is 0 Å². The van der Waals surface area contributed by atoms with Crippen LogP contribution in [-0.2, 0) is 14.3 Å². The van der Waals surface area contributed by atoms with Gasteiger partial charge in [0.25, 0.3) is 0 Å². The van der Waals surface area contributed by atoms with Gasteiger partial charge in [0, 0.05) is 35.9 Å². The Kier molecular flexibility index (Phi) is 15.3. The van der Waals surface area contributed by atoms with Crippen LogP contribution in [-0.4, -0.2) is 53.6 Å². The van der Waals surface area contributed by atoms with Crippen LogP contribution in [0.4, 0.5) is 0 Å². The van der Waals surface area contributed by atoms with Crippen molar-refractivity contribution < 1.29 is 19.1 Å². The van der Waals surface area contributed by atoms with Gasteiger partial charge < -0.3 is 14.4 Å². The van der Waals surface area contributed by atoms with E-state index < -0.39 is 12.0 Å². The average molecular weight is 524 g/mol. The first-order valence-corrected chi connectivity index (χ1v) is 14.2. The molecule has 0 N–H and O–H groups in total. The summed E-state index contributed by atoms with van der Waals surface area (Å²) in [7, 11) is 0. The number of hydrogen-bond acceptors (Lipinski definition) is 7. The van der Waals surface area contributed by atoms with E-state index in [9.17, 15) is 15.1 Å². The van der Waals surface area contributed by atoms with Gasteiger partial charge in [-0.2, -0.15) is 0 Å². The standard InChI is InChI=1S/C26H45N5O4S/c1-8-12-13-14-15-31(25(32)23(29-30-27)19(7)9-2)21(18(5)6)16-22(34-10-3)24-28-20(17-36-24)26(33)35-11-4/h17-19,21-23H,8-16H2,1-7H3/t19-,21+,22+,23?/m0/s1. The minimum absolute atomic E-state index is 0.0619. The summed E-state index contributed by atoms with van der Waals surface area (Å²) in [4.78, 5) is 35.4. The van der Waals surface area contributed by atoms with Gasteiger partial charge in [0.05, 0.1) is 6.61 Å². The Labute approximate surface area is 220 Å². The molecule has 1 unspecified atom stereocenters. The van der Waals surface area contributed by atoms with Crippen molar-refractivity contribution in [2.45, 2.75) is 105 Å². The molecule has 1 heterocycles. The number of esters is 1. The highest BCUT2D eigenvalue weighted by molar-refractivity contribution is 7.09. The Bertz CT molecular complexity index is 840. The molecule has 0 aliphatic carbocycles. The second kappa shape index (κ2) is 17.3. The topological polar surface area (TPSA) is 117 Å². The number of unbranched alkanes of at least 4 members (excludes halogenated alkanes) is 3. The van der Waals surface area contributed by atoms with E-state index in [4.69, 9.17) is 9.47 Å². The van der Waals surface area contributed by atoms with Gasteiger partial charge in [-0.1, -0.05) is 65.4 Å². The molecule has 1 amide bonds. The molecule has 204 valence electrons. The van der Waals surface area contributed by atoms with Gasteiger partial charge in [0.15, 0.2) is 5.69 Å². The first kappa shape index (κ1) is 31.9. The Balaban J connectivity index is 3.32. The highest BCUT2D eigenvalue weighted by atomic mass is 32.1. The van der Waals surface area contributed by atoms with E-state index in [0.717, 1.165) is 32.1 Å². The predicted octanol–water partition coefficient (Wildman–Crippen LogP) is 6.95. The van der Waals surface area contributed by atoms with Crippen LogP contribution in [0.3, 0.4) is 0 Å². The molecule has 4 atom stereocenters. The van der Waals surface area contributed by atoms with Crippen LogP contribution >= 0.6 is 11.3 Å². The van der Waals surface area contributed by atoms with Crippen LogP contribution in [0.2, 0.25) is 0 Å². The smallest absolute Gasteiger partial charge is 0.357 e. The van der Waals surface area contributed by atoms with Crippen LogP contribution < -0.4 is 0 Å². The summed E-state index contributed by atoms with van der Waals surface area (Å²) in [5.74, 6) is -0.502. The molecule has 0 saturated heterocycles. The molecule has 0 fully saturated rings. The minimum atomic E-state index is -0.742. The Hall–Kier alpha value is -2.16. The Morgan fingerprint density at radius 1 is 1.14 bits per heavy atom. The van der Waals surface area contributed by atoms with Crippen LogP contribution in [0, 0.1) is 11.8 Å². The average Bonchev–Trinajstić information content (AvgIpc) is 3.35. The zero-order valence-corrected chi connectivity index (χ0v) is 23.9. The highest BCUT2D eigenvalue weighted by Gasteiger charge is 2.35. The molecule has 0 aliphatic heterocycles. The lowest BCUT2D eigenvalue weighted by Gasteiger charge is -2.38. The lowest BCUT2D eigenvalue weighted by molar-refractivity contribution is -0.138. The first-order chi connectivity index (χ1) is 17.2. The molecule has 10 heteroatoms. The van der Waals surface area contributed by atoms with Gasteiger partial charge in [-0.05, 0) is 37.6 Å². The van der Waals surface area contributed by atoms with E-state index in [1.54, 1.807) is 12.3 Å². The fourth-order valence-corrected chi connectivity index (χ4v) is 5.01. The lowest BCUT2D eigenvalue weighted by atomic mass is 9.92. The normalized spacial score (nSPS) is 14.6. The number of thiazole rings is 1. The molecule has 0 spiro atoms. The fourth-order valence-electron chi connectivity index (χ4n) is 4.16. The number of azide groups is 1. The molecule has 1 aromatic rings. The molecular weight excluding hydrogens is 478 g/mol. The van der Waals surface area contributed by atoms with Crippen molar-refractivity contribution in [1.29, 1.82) is 0 Å². The number of nitrogens with zero attached hydrogens (tertiary/aromatic N) is 5. The lowest BCUT2D eigenvalue weighted by Crippen LogP contribution is -2.49. The number of rotatable bonds is 18. The monoisotopic (exact) mass is 523 g/mol. The quantitative estimate of drug-likeness (QED) is 0.0678. The molecular formula is C26H45N5O4S. The van der Waals surface area contributed by atoms with Crippen molar-refractivity contribution in [3.63, 3.8) is 0 Å². The molecule has 36 heavy (non-hydrogen) atoms. The number of amides is 1. The summed E-state index contributed by atoms with van der Waals surface area (Å²) in [5, 5.41) is 6.30. The van der Waals surface area contributed by atoms with Crippen molar-refractivity contribution in [2.75, 3.05) is 19.8 Å². The van der Waals surface area contributed by atoms with Crippen molar-refractivity contribution in [1.82, 2.24) is 9.88 Å². The largest absolute Gasteiger partial charge is 0.461 e. The minimum Gasteiger partial charge on any atom is -0.461 e. The zero-order valence-electron chi connectivity index (χ0n) is 23.1. The number of carbonyl (C=O) groups excluding carboxylic acids is 2. The van der Waals surface area contributed by atoms with Crippen molar-refractivity contribution >= 4 is 23.2 Å². The van der Waals surface area contributed by atoms with Gasteiger partial charge in [-0.15, -0.1) is 11.3 Å². The zero-order chi connectivity index (χ0) is 27.1. The third-order valence-electron chi connectivity index (χ3n) is 6.42. The summed E-state index contributed by atoms with van der Waals surface area (Å²) in [5.41, 5.74) is 9.45. The second-order valence-electron chi connectivity index (χ2n) is 9.41. The van der Waals surface area contributed by atoms with Gasteiger partial charge in [-0.3, -0.25) is 4.79 Å². The maximum Gasteiger partial charge on any atom is 0.357 e. The van der Waals surface area contributed by atoms with E-state index in [1.807, 2.05) is 25.7 Å². The molecule has 9 nitrogen and oxygen atoms in total. The number of ether oxygens (including phenoxy) is 2. The SMILES string of the molecule is CCCCCCN(C(=O)C(N=[N+]=[N-])[C@@H](C)CC)[C@H](C[C@@H](OCC)c1nc(C(=O)OCC)cs1)C(C)C. The van der Waals surface area contributed by atoms with Gasteiger partial charge in [0.1, 0.15) is 17.2 Å². The van der Waals surface area contributed by atoms with Crippen molar-refractivity contribution in [2.24, 2.45) is 17.0 Å². The van der Waals surface area contributed by atoms with Crippen molar-refractivity contribution in [3.05, 3.63) is 26.5 Å². The summed E-state index contributed by atoms with van der Waals surface area (Å²) >= 11 is 1.37. The van der Waals surface area contributed by atoms with Crippen LogP contribution in [0.1, 0.15) is 109 Å². The van der Waals surface area contributed by atoms with Gasteiger partial charge >= 0.3 is 5.97 Å². The Morgan fingerprint density at radius 3 is 2.42 bits per heavy atom. The van der Waals surface area contributed by atoms with Crippen LogP contribution in [0.15, 0.2) is 10.5 Å². The maximum absolute atomic E-state index is 13.8. The summed E-state index contributed by atoms with van der Waals surface area (Å²) in [6.07, 6.45) is 5.03. The fraction of sp³-hybridized carbons (Fsp3) is 0.808. The van der Waals surface area contributed by atoms with E-state index in [0.29, 0.717) is 24.6 Å². The van der Waals surface area contributed by atoms with Gasteiger partial charge in [0.2, 0.25) is 5.91 Å². The highest BCUT2D eigenvalue weighted by Crippen LogP contribution is 2.32. The molecule has 0 radical (unpaired) electrons. The first-order valence-electron chi connectivity index (χ1n) is 13.3. The Morgan fingerprint density at radius 2 is 1.86 bits per heavy atom. The molecule has 0 aromatic carbocycles. The molecule has 1 rings (SSSR count). The van der Waals surface area contributed by atoms with Crippen LogP contribution in [0.25, 0.3) is 10.4 Å². The number of hydrogen-bond donors (Lipinski definition) is 0. The summed E-state index contributed by atoms with van der Waals surface area (Å²) in [6, 6.07) is -0.890. The maximum atomic E-state index is 13.8. The number of aromatic nitrogens is 1. The van der Waals surface area contributed by atoms with E-state index >= 15 is 0 Å². The third-order valence-corrected chi connectivity index (χ3v) is 7.36. The summed E-state index contributed by atoms with van der Waals surface area (Å²) < 4.78 is 11.2. The van der Waals surface area contributed by atoms with Gasteiger partial charge in [-0.25, -0.2) is 9.78 Å². The molecule has 0 saturated carbocycles. The molecule has 0 aliphatic rings. The van der Waals surface area contributed by atoms with E-state index in [1.165, 1.54) is 11.3 Å². The predicted molar refractivity (Wildman–Crippen MR) is 144 cm³/mol. The van der Waals surface area contributed by atoms with Crippen LogP contribution in [0.5, 0.6) is 0 Å². The van der Waals surface area contributed by atoms with E-state index in [-0.39, 0.29) is 42.2 Å². The summed E-state index contributed by atoms with van der Waals surface area (Å²) in [6.45, 7) is 15.3. The number of carbonyl (C=O) groups is 2. The second-order valence-corrected chi connectivity index (χ2v) is 10.3. The molecule has 1 aromatic heterocycles. The third kappa shape index (κ3) is 9.71. The van der Waals surface area contributed by atoms with E-state index in [2.05, 4.69) is 35.8 Å².